The van der Waals surface area contributed by atoms with Crippen molar-refractivity contribution in [3.63, 3.8) is 0 Å². The van der Waals surface area contributed by atoms with Crippen LogP contribution in [0.5, 0.6) is 0 Å². The number of carbonyl (C=O) groups excluding carboxylic acids is 3. The van der Waals surface area contributed by atoms with Gasteiger partial charge in [-0.2, -0.15) is 0 Å². The van der Waals surface area contributed by atoms with Gasteiger partial charge in [-0.15, -0.1) is 0 Å². The lowest BCUT2D eigenvalue weighted by molar-refractivity contribution is -0.139. The van der Waals surface area contributed by atoms with E-state index < -0.39 is 18.0 Å². The third-order valence-electron chi connectivity index (χ3n) is 5.37. The van der Waals surface area contributed by atoms with Crippen LogP contribution >= 0.6 is 0 Å². The van der Waals surface area contributed by atoms with Crippen molar-refractivity contribution < 1.29 is 19.6 Å². The molecule has 0 bridgehead atoms. The first-order chi connectivity index (χ1) is 14.4. The molecule has 1 aliphatic rings. The summed E-state index contributed by atoms with van der Waals surface area (Å²) in [5, 5.41) is 11.6. The highest BCUT2D eigenvalue weighted by molar-refractivity contribution is 5.94. The van der Waals surface area contributed by atoms with Gasteiger partial charge in [-0.3, -0.25) is 19.6 Å². The van der Waals surface area contributed by atoms with Crippen molar-refractivity contribution in [2.45, 2.75) is 45.3 Å². The maximum Gasteiger partial charge on any atom is 0.266 e. The minimum absolute atomic E-state index is 0.0898. The zero-order chi connectivity index (χ0) is 21.7. The molecular weight excluding hydrogens is 382 g/mol. The minimum atomic E-state index is -0.874. The summed E-state index contributed by atoms with van der Waals surface area (Å²) in [6.45, 7) is 3.86. The highest BCUT2D eigenvalue weighted by Crippen LogP contribution is 2.25. The molecule has 1 fully saturated rings. The first kappa shape index (κ1) is 21.5. The Hall–Kier alpha value is -3.19. The number of hydroxylamine groups is 1. The first-order valence-corrected chi connectivity index (χ1v) is 10.1. The van der Waals surface area contributed by atoms with E-state index in [0.29, 0.717) is 13.0 Å². The molecule has 1 heterocycles. The summed E-state index contributed by atoms with van der Waals surface area (Å²) in [5.41, 5.74) is 4.64. The van der Waals surface area contributed by atoms with Crippen molar-refractivity contribution in [2.75, 3.05) is 0 Å². The van der Waals surface area contributed by atoms with Gasteiger partial charge in [-0.05, 0) is 35.1 Å². The lowest BCUT2D eigenvalue weighted by atomic mass is 10.0. The Morgan fingerprint density at radius 1 is 1.10 bits per heavy atom. The van der Waals surface area contributed by atoms with Gasteiger partial charge in [-0.25, -0.2) is 5.48 Å². The van der Waals surface area contributed by atoms with E-state index in [9.17, 15) is 14.4 Å². The number of benzene rings is 2. The molecule has 2 unspecified atom stereocenters. The molecule has 0 saturated carbocycles. The number of amides is 3. The minimum Gasteiger partial charge on any atom is -0.342 e. The highest BCUT2D eigenvalue weighted by atomic mass is 16.5. The van der Waals surface area contributed by atoms with E-state index in [1.807, 2.05) is 54.6 Å². The third kappa shape index (κ3) is 4.86. The van der Waals surface area contributed by atoms with Crippen molar-refractivity contribution in [3.8, 4) is 11.1 Å². The summed E-state index contributed by atoms with van der Waals surface area (Å²) in [7, 11) is 0. The second kappa shape index (κ2) is 9.54. The van der Waals surface area contributed by atoms with Gasteiger partial charge in [0.2, 0.25) is 11.8 Å². The molecule has 1 saturated heterocycles. The standard InChI is InChI=1S/C23H27N3O4/c1-15(2)21(23(29)25-30)24-22(28)19-11-12-20(27)26(19)14-16-7-6-10-18(13-16)17-8-4-3-5-9-17/h3-10,13,15,19,21,30H,11-12,14H2,1-2H3,(H,24,28)(H,25,29). The van der Waals surface area contributed by atoms with E-state index in [-0.39, 0.29) is 24.2 Å². The van der Waals surface area contributed by atoms with Crippen LogP contribution in [0.3, 0.4) is 0 Å². The maximum absolute atomic E-state index is 12.8. The molecule has 0 aromatic heterocycles. The topological polar surface area (TPSA) is 98.7 Å². The van der Waals surface area contributed by atoms with Crippen molar-refractivity contribution in [2.24, 2.45) is 5.92 Å². The zero-order valence-electron chi connectivity index (χ0n) is 17.2. The predicted octanol–water partition coefficient (Wildman–Crippen LogP) is 2.49. The summed E-state index contributed by atoms with van der Waals surface area (Å²) < 4.78 is 0. The molecule has 3 rings (SSSR count). The van der Waals surface area contributed by atoms with Crippen LogP contribution in [0.25, 0.3) is 11.1 Å². The lowest BCUT2D eigenvalue weighted by Gasteiger charge is -2.27. The van der Waals surface area contributed by atoms with Crippen LogP contribution in [0.2, 0.25) is 0 Å². The number of hydrogen-bond donors (Lipinski definition) is 3. The number of carbonyl (C=O) groups is 3. The fourth-order valence-corrected chi connectivity index (χ4v) is 3.73. The molecule has 1 aliphatic heterocycles. The van der Waals surface area contributed by atoms with E-state index in [1.165, 1.54) is 0 Å². The molecule has 0 spiro atoms. The number of hydrogen-bond acceptors (Lipinski definition) is 4. The summed E-state index contributed by atoms with van der Waals surface area (Å²) in [5.74, 6) is -1.37. The summed E-state index contributed by atoms with van der Waals surface area (Å²) >= 11 is 0. The average molecular weight is 409 g/mol. The largest absolute Gasteiger partial charge is 0.342 e. The number of rotatable bonds is 7. The van der Waals surface area contributed by atoms with Gasteiger partial charge < -0.3 is 10.2 Å². The van der Waals surface area contributed by atoms with Gasteiger partial charge in [-0.1, -0.05) is 62.4 Å². The Labute approximate surface area is 176 Å². The Balaban J connectivity index is 1.76. The summed E-state index contributed by atoms with van der Waals surface area (Å²) in [6.07, 6.45) is 0.684. The fraction of sp³-hybridized carbons (Fsp3) is 0.348. The van der Waals surface area contributed by atoms with E-state index in [1.54, 1.807) is 24.2 Å². The lowest BCUT2D eigenvalue weighted by Crippen LogP contribution is -2.54. The van der Waals surface area contributed by atoms with Crippen LogP contribution in [0.15, 0.2) is 54.6 Å². The number of likely N-dealkylation sites (tertiary alicyclic amines) is 1. The van der Waals surface area contributed by atoms with Crippen molar-refractivity contribution in [1.82, 2.24) is 15.7 Å². The quantitative estimate of drug-likeness (QED) is 0.483. The average Bonchev–Trinajstić information content (AvgIpc) is 3.12. The van der Waals surface area contributed by atoms with Crippen LogP contribution in [-0.2, 0) is 20.9 Å². The van der Waals surface area contributed by atoms with Crippen LogP contribution in [0, 0.1) is 5.92 Å². The molecule has 7 nitrogen and oxygen atoms in total. The molecule has 30 heavy (non-hydrogen) atoms. The van der Waals surface area contributed by atoms with E-state index in [2.05, 4.69) is 5.32 Å². The normalized spacial score (nSPS) is 17.1. The maximum atomic E-state index is 12.8. The van der Waals surface area contributed by atoms with Crippen LogP contribution < -0.4 is 10.8 Å². The molecule has 2 aromatic rings. The summed E-state index contributed by atoms with van der Waals surface area (Å²) in [4.78, 5) is 38.8. The Morgan fingerprint density at radius 3 is 2.47 bits per heavy atom. The van der Waals surface area contributed by atoms with Crippen LogP contribution in [0.1, 0.15) is 32.3 Å². The van der Waals surface area contributed by atoms with Gasteiger partial charge in [0, 0.05) is 13.0 Å². The highest BCUT2D eigenvalue weighted by Gasteiger charge is 2.37. The SMILES string of the molecule is CC(C)C(NC(=O)C1CCC(=O)N1Cc1cccc(-c2ccccc2)c1)C(=O)NO. The third-order valence-corrected chi connectivity index (χ3v) is 5.37. The van der Waals surface area contributed by atoms with E-state index >= 15 is 0 Å². The Kier molecular flexibility index (Phi) is 6.84. The molecule has 3 amide bonds. The van der Waals surface area contributed by atoms with Gasteiger partial charge in [0.15, 0.2) is 0 Å². The predicted molar refractivity (Wildman–Crippen MR) is 112 cm³/mol. The Bertz CT molecular complexity index is 914. The van der Waals surface area contributed by atoms with Crippen molar-refractivity contribution >= 4 is 17.7 Å². The van der Waals surface area contributed by atoms with E-state index in [0.717, 1.165) is 16.7 Å². The molecule has 158 valence electrons. The summed E-state index contributed by atoms with van der Waals surface area (Å²) in [6, 6.07) is 16.3. The van der Waals surface area contributed by atoms with Crippen molar-refractivity contribution in [3.05, 3.63) is 60.2 Å². The number of nitrogens with zero attached hydrogens (tertiary/aromatic N) is 1. The molecular formula is C23H27N3O4. The molecule has 2 atom stereocenters. The van der Waals surface area contributed by atoms with Crippen LogP contribution in [-0.4, -0.2) is 39.9 Å². The second-order valence-electron chi connectivity index (χ2n) is 7.85. The Morgan fingerprint density at radius 2 is 1.80 bits per heavy atom. The van der Waals surface area contributed by atoms with Crippen LogP contribution in [0.4, 0.5) is 0 Å². The molecule has 0 aliphatic carbocycles. The zero-order valence-corrected chi connectivity index (χ0v) is 17.2. The smallest absolute Gasteiger partial charge is 0.266 e. The van der Waals surface area contributed by atoms with Gasteiger partial charge in [0.1, 0.15) is 12.1 Å². The fourth-order valence-electron chi connectivity index (χ4n) is 3.73. The number of nitrogens with one attached hydrogen (secondary N) is 2. The van der Waals surface area contributed by atoms with Gasteiger partial charge in [0.25, 0.3) is 5.91 Å². The molecule has 0 radical (unpaired) electrons. The van der Waals surface area contributed by atoms with Crippen molar-refractivity contribution in [1.29, 1.82) is 0 Å². The molecule has 7 heteroatoms. The second-order valence-corrected chi connectivity index (χ2v) is 7.85. The molecule has 3 N–H and O–H groups in total. The first-order valence-electron chi connectivity index (χ1n) is 10.1. The molecule has 2 aromatic carbocycles. The van der Waals surface area contributed by atoms with Gasteiger partial charge in [0.05, 0.1) is 0 Å². The van der Waals surface area contributed by atoms with Gasteiger partial charge >= 0.3 is 0 Å². The monoisotopic (exact) mass is 409 g/mol. The van der Waals surface area contributed by atoms with E-state index in [4.69, 9.17) is 5.21 Å².